The Hall–Kier alpha value is -3.06. The third kappa shape index (κ3) is 3.53. The Balaban J connectivity index is 1.52. The molecule has 1 N–H and O–H groups in total. The number of nitrogens with zero attached hydrogens (tertiary/aromatic N) is 5. The number of hydrogen-bond acceptors (Lipinski definition) is 7. The summed E-state index contributed by atoms with van der Waals surface area (Å²) in [5, 5.41) is 14.6. The predicted octanol–water partition coefficient (Wildman–Crippen LogP) is 3.04. The number of nitriles is 1. The van der Waals surface area contributed by atoms with Crippen LogP contribution >= 0.6 is 0 Å². The monoisotopic (exact) mass is 397 g/mol. The van der Waals surface area contributed by atoms with Crippen molar-refractivity contribution in [3.63, 3.8) is 0 Å². The van der Waals surface area contributed by atoms with E-state index in [0.717, 1.165) is 16.7 Å². The van der Waals surface area contributed by atoms with Crippen molar-refractivity contribution < 1.29 is 17.6 Å². The first kappa shape index (κ1) is 18.3. The zero-order valence-electron chi connectivity index (χ0n) is 15.2. The molecule has 0 aliphatic rings. The maximum atomic E-state index is 9.24. The molecule has 1 unspecified atom stereocenters. The molecule has 0 radical (unpaired) electrons. The number of hydrogen-bond donors (Lipinski definition) is 1. The average molecular weight is 397 g/mol. The highest BCUT2D eigenvalue weighted by atomic mass is 32.2. The molecule has 3 heterocycles. The van der Waals surface area contributed by atoms with Gasteiger partial charge in [0.15, 0.2) is 11.4 Å². The molecular formula is C19H19N5O3S. The Labute approximate surface area is 165 Å². The lowest BCUT2D eigenvalue weighted by Crippen LogP contribution is -2.38. The van der Waals surface area contributed by atoms with Crippen LogP contribution in [0.5, 0.6) is 5.88 Å². The number of imidazole rings is 1. The number of thiol groups is 1. The minimum absolute atomic E-state index is 0.0180. The summed E-state index contributed by atoms with van der Waals surface area (Å²) in [6.07, 6.45) is 4.40. The number of rotatable bonds is 7. The van der Waals surface area contributed by atoms with Gasteiger partial charge in [-0.3, -0.25) is 3.89 Å². The Bertz CT molecular complexity index is 1130. The fourth-order valence-corrected chi connectivity index (χ4v) is 3.14. The Morgan fingerprint density at radius 2 is 2.18 bits per heavy atom. The molecule has 0 saturated carbocycles. The zero-order chi connectivity index (χ0) is 19.6. The van der Waals surface area contributed by atoms with Gasteiger partial charge in [0, 0.05) is 17.9 Å². The van der Waals surface area contributed by atoms with E-state index in [-0.39, 0.29) is 16.1 Å². The fraction of sp³-hybridized carbons (Fsp3) is 0.211. The van der Waals surface area contributed by atoms with Crippen LogP contribution in [0.2, 0.25) is 0 Å². The Morgan fingerprint density at radius 1 is 1.32 bits per heavy atom. The molecule has 28 heavy (non-hydrogen) atoms. The minimum Gasteiger partial charge on any atom is -0.476 e. The summed E-state index contributed by atoms with van der Waals surface area (Å²) in [5.41, 5.74) is 2.24. The van der Waals surface area contributed by atoms with Gasteiger partial charge in [0.05, 0.1) is 26.4 Å². The molecule has 0 spiro atoms. The van der Waals surface area contributed by atoms with E-state index in [1.165, 1.54) is 0 Å². The Morgan fingerprint density at radius 3 is 2.96 bits per heavy atom. The van der Waals surface area contributed by atoms with Crippen LogP contribution in [0, 0.1) is 11.5 Å². The van der Waals surface area contributed by atoms with Crippen LogP contribution < -0.4 is 4.74 Å². The maximum Gasteiger partial charge on any atom is 0.292 e. The van der Waals surface area contributed by atoms with Crippen LogP contribution in [-0.4, -0.2) is 43.2 Å². The number of benzene rings is 1. The van der Waals surface area contributed by atoms with Crippen LogP contribution in [0.4, 0.5) is 0 Å². The molecule has 0 aliphatic carbocycles. The molecule has 0 aliphatic heterocycles. The van der Waals surface area contributed by atoms with Crippen LogP contribution in [-0.2, 0) is 12.2 Å². The van der Waals surface area contributed by atoms with Gasteiger partial charge in [-0.15, -0.1) is 10.4 Å². The van der Waals surface area contributed by atoms with E-state index in [0.29, 0.717) is 36.9 Å². The molecule has 0 saturated heterocycles. The zero-order valence-corrected chi connectivity index (χ0v) is 16.1. The molecule has 144 valence electrons. The highest BCUT2D eigenvalue weighted by Crippen LogP contribution is 2.28. The van der Waals surface area contributed by atoms with Crippen molar-refractivity contribution in [2.24, 2.45) is 0 Å². The molecule has 0 bridgehead atoms. The average Bonchev–Trinajstić information content (AvgIpc) is 3.34. The second kappa shape index (κ2) is 7.52. The summed E-state index contributed by atoms with van der Waals surface area (Å²) in [6, 6.07) is 13.4. The van der Waals surface area contributed by atoms with Gasteiger partial charge in [-0.1, -0.05) is 18.2 Å². The van der Waals surface area contributed by atoms with E-state index in [4.69, 9.17) is 14.4 Å². The smallest absolute Gasteiger partial charge is 0.292 e. The lowest BCUT2D eigenvalue weighted by atomic mass is 10.2. The number of para-hydroxylation sites is 1. The van der Waals surface area contributed by atoms with Crippen LogP contribution in [0.3, 0.4) is 0 Å². The molecular weight excluding hydrogens is 378 g/mol. The molecule has 1 aromatic carbocycles. The van der Waals surface area contributed by atoms with Crippen LogP contribution in [0.1, 0.15) is 6.42 Å². The normalized spacial score (nSPS) is 13.6. The minimum atomic E-state index is -0.104. The molecule has 0 amide bonds. The van der Waals surface area contributed by atoms with Crippen molar-refractivity contribution >= 4 is 28.8 Å². The van der Waals surface area contributed by atoms with Gasteiger partial charge in [-0.05, 0) is 18.2 Å². The van der Waals surface area contributed by atoms with E-state index in [1.54, 1.807) is 23.8 Å². The van der Waals surface area contributed by atoms with Gasteiger partial charge in [-0.2, -0.15) is 0 Å². The summed E-state index contributed by atoms with van der Waals surface area (Å²) >= 11 is 0.0180. The summed E-state index contributed by atoms with van der Waals surface area (Å²) in [4.78, 5) is 4.37. The quantitative estimate of drug-likeness (QED) is 0.169. The first-order valence-corrected chi connectivity index (χ1v) is 9.52. The van der Waals surface area contributed by atoms with Gasteiger partial charge in [0.25, 0.3) is 6.19 Å². The molecule has 9 heteroatoms. The van der Waals surface area contributed by atoms with Crippen molar-refractivity contribution in [2.75, 3.05) is 20.2 Å². The lowest BCUT2D eigenvalue weighted by Gasteiger charge is -2.31. The Kier molecular flexibility index (Phi) is 4.92. The van der Waals surface area contributed by atoms with Crippen molar-refractivity contribution in [1.29, 1.82) is 5.26 Å². The summed E-state index contributed by atoms with van der Waals surface area (Å²) in [6.45, 7) is 0.865. The standard InChI is InChI=1S/C19H19N5O3S/c1-24(13-20,28-25)9-4-10-26-19-8-7-18-21-12-15(23(18)22-19)17-11-14-5-2-3-6-16(14)27-17/h2-3,5-8,11-12,25,28H,4,9-10H2,1H3. The fourth-order valence-electron chi connectivity index (χ4n) is 2.87. The molecule has 4 aromatic rings. The highest BCUT2D eigenvalue weighted by molar-refractivity contribution is 7.66. The number of quaternary nitrogens is 1. The van der Waals surface area contributed by atoms with Crippen molar-refractivity contribution in [1.82, 2.24) is 14.6 Å². The van der Waals surface area contributed by atoms with E-state index in [2.05, 4.69) is 16.3 Å². The van der Waals surface area contributed by atoms with Crippen molar-refractivity contribution in [3.8, 4) is 23.5 Å². The predicted molar refractivity (Wildman–Crippen MR) is 106 cm³/mol. The topological polar surface area (TPSA) is 96.6 Å². The van der Waals surface area contributed by atoms with Crippen LogP contribution in [0.15, 0.2) is 53.1 Å². The van der Waals surface area contributed by atoms with E-state index in [9.17, 15) is 4.55 Å². The molecule has 4 rings (SSSR count). The third-order valence-corrected chi connectivity index (χ3v) is 5.10. The van der Waals surface area contributed by atoms with E-state index in [1.807, 2.05) is 36.4 Å². The second-order valence-corrected chi connectivity index (χ2v) is 7.55. The number of fused-ring (bicyclic) bond motifs is 2. The number of furan rings is 1. The van der Waals surface area contributed by atoms with Gasteiger partial charge in [-0.25, -0.2) is 21.7 Å². The van der Waals surface area contributed by atoms with Gasteiger partial charge in [0.2, 0.25) is 5.88 Å². The summed E-state index contributed by atoms with van der Waals surface area (Å²) in [5.74, 6) is 1.14. The van der Waals surface area contributed by atoms with E-state index >= 15 is 0 Å². The summed E-state index contributed by atoms with van der Waals surface area (Å²) < 4.78 is 22.5. The molecule has 0 fully saturated rings. The number of ether oxygens (including phenoxy) is 1. The molecule has 8 nitrogen and oxygen atoms in total. The van der Waals surface area contributed by atoms with Gasteiger partial charge < -0.3 is 13.7 Å². The summed E-state index contributed by atoms with van der Waals surface area (Å²) in [7, 11) is 1.66. The highest BCUT2D eigenvalue weighted by Gasteiger charge is 2.14. The third-order valence-electron chi connectivity index (χ3n) is 4.42. The van der Waals surface area contributed by atoms with Crippen molar-refractivity contribution in [2.45, 2.75) is 6.42 Å². The molecule has 1 atom stereocenters. The lowest BCUT2D eigenvalue weighted by molar-refractivity contribution is -0.708. The van der Waals surface area contributed by atoms with Crippen molar-refractivity contribution in [3.05, 3.63) is 48.7 Å². The van der Waals surface area contributed by atoms with E-state index < -0.39 is 0 Å². The first-order valence-electron chi connectivity index (χ1n) is 8.72. The van der Waals surface area contributed by atoms with Crippen LogP contribution in [0.25, 0.3) is 28.1 Å². The SMILES string of the molecule is C[N+](C#N)(CCCOc1ccc2ncc(-c3cc4ccccc4o3)n2n1)[SH-]O. The molecule has 3 aromatic heterocycles. The van der Waals surface area contributed by atoms with Gasteiger partial charge in [0.1, 0.15) is 11.3 Å². The first-order chi connectivity index (χ1) is 13.6. The largest absolute Gasteiger partial charge is 0.476 e. The second-order valence-electron chi connectivity index (χ2n) is 6.49. The number of aromatic nitrogens is 3. The maximum absolute atomic E-state index is 9.24. The van der Waals surface area contributed by atoms with Gasteiger partial charge >= 0.3 is 0 Å².